The maximum Gasteiger partial charge on any atom is 0.499 e. The fourth-order valence-corrected chi connectivity index (χ4v) is 5.55. The molecule has 4 nitrogen and oxygen atoms in total. The summed E-state index contributed by atoms with van der Waals surface area (Å²) in [5.41, 5.74) is 2.76. The first-order valence-corrected chi connectivity index (χ1v) is 11.5. The van der Waals surface area contributed by atoms with Crippen molar-refractivity contribution in [2.75, 3.05) is 10.2 Å². The van der Waals surface area contributed by atoms with Crippen LogP contribution in [0.4, 0.5) is 11.4 Å². The van der Waals surface area contributed by atoms with Gasteiger partial charge in [-0.3, -0.25) is 4.79 Å². The van der Waals surface area contributed by atoms with E-state index in [1.807, 2.05) is 122 Å². The monoisotopic (exact) mass is 451 g/mol. The quantitative estimate of drug-likeness (QED) is 0.305. The zero-order chi connectivity index (χ0) is 22.9. The van der Waals surface area contributed by atoms with Crippen molar-refractivity contribution in [3.8, 4) is 0 Å². The van der Waals surface area contributed by atoms with E-state index >= 15 is 0 Å². The van der Waals surface area contributed by atoms with Crippen LogP contribution < -0.4 is 10.2 Å². The van der Waals surface area contributed by atoms with Crippen LogP contribution in [0.2, 0.25) is 0 Å². The molecule has 0 radical (unpaired) electrons. The predicted octanol–water partition coefficient (Wildman–Crippen LogP) is 5.63. The van der Waals surface area contributed by atoms with Gasteiger partial charge in [-0.15, -0.1) is 0 Å². The lowest BCUT2D eigenvalue weighted by molar-refractivity contribution is -0.133. The molecular formula is C28H23N2O2S+. The summed E-state index contributed by atoms with van der Waals surface area (Å²) in [6, 6.07) is 36.4. The molecule has 1 fully saturated rings. The van der Waals surface area contributed by atoms with E-state index < -0.39 is 10.4 Å². The van der Waals surface area contributed by atoms with Crippen LogP contribution in [0.1, 0.15) is 16.7 Å². The number of carbonyl (C=O) groups excluding carboxylic acids is 1. The van der Waals surface area contributed by atoms with Gasteiger partial charge in [-0.2, -0.15) is 0 Å². The number of anilines is 2. The molecule has 1 aliphatic rings. The third-order valence-electron chi connectivity index (χ3n) is 6.24. The lowest BCUT2D eigenvalue weighted by Gasteiger charge is -2.55. The molecule has 1 saturated heterocycles. The van der Waals surface area contributed by atoms with E-state index in [2.05, 4.69) is 5.32 Å². The van der Waals surface area contributed by atoms with E-state index in [4.69, 9.17) is 0 Å². The number of benzene rings is 4. The van der Waals surface area contributed by atoms with Gasteiger partial charge >= 0.3 is 16.5 Å². The summed E-state index contributed by atoms with van der Waals surface area (Å²) in [6.07, 6.45) is 0. The van der Waals surface area contributed by atoms with Crippen molar-refractivity contribution in [3.63, 3.8) is 0 Å². The molecule has 162 valence electrons. The van der Waals surface area contributed by atoms with Crippen LogP contribution >= 0.6 is 0 Å². The lowest BCUT2D eigenvalue weighted by atomic mass is 9.69. The second kappa shape index (κ2) is 8.26. The maximum absolute atomic E-state index is 14.2. The van der Waals surface area contributed by atoms with E-state index in [0.717, 1.165) is 22.4 Å². The minimum Gasteiger partial charge on any atom is -0.361 e. The van der Waals surface area contributed by atoms with Crippen molar-refractivity contribution in [2.24, 2.45) is 0 Å². The average molecular weight is 452 g/mol. The van der Waals surface area contributed by atoms with Gasteiger partial charge in [-0.05, 0) is 36.8 Å². The molecule has 1 N–H and O–H groups in total. The lowest BCUT2D eigenvalue weighted by Crippen LogP contribution is -2.81. The molecule has 0 bridgehead atoms. The Morgan fingerprint density at radius 1 is 0.697 bits per heavy atom. The average Bonchev–Trinajstić information content (AvgIpc) is 2.88. The van der Waals surface area contributed by atoms with Crippen LogP contribution in [0.3, 0.4) is 0 Å². The van der Waals surface area contributed by atoms with Gasteiger partial charge in [0, 0.05) is 15.5 Å². The molecule has 33 heavy (non-hydrogen) atoms. The number of rotatable bonds is 6. The minimum absolute atomic E-state index is 0.173. The molecule has 1 aliphatic heterocycles. The van der Waals surface area contributed by atoms with Gasteiger partial charge in [0.05, 0.1) is 5.69 Å². The van der Waals surface area contributed by atoms with Gasteiger partial charge in [0.25, 0.3) is 5.91 Å². The Labute approximate surface area is 197 Å². The summed E-state index contributed by atoms with van der Waals surface area (Å²) in [7, 11) is 0. The highest BCUT2D eigenvalue weighted by Crippen LogP contribution is 2.58. The van der Waals surface area contributed by atoms with Gasteiger partial charge < -0.3 is 5.32 Å². The van der Waals surface area contributed by atoms with Crippen molar-refractivity contribution in [2.45, 2.75) is 17.3 Å². The fraction of sp³-hybridized carbons (Fsp3) is 0.107. The number of para-hydroxylation sites is 1. The van der Waals surface area contributed by atoms with Crippen molar-refractivity contribution >= 4 is 28.9 Å². The fourth-order valence-electron chi connectivity index (χ4n) is 4.68. The van der Waals surface area contributed by atoms with E-state index in [-0.39, 0.29) is 5.91 Å². The van der Waals surface area contributed by atoms with Gasteiger partial charge in [0.15, 0.2) is 0 Å². The van der Waals surface area contributed by atoms with Gasteiger partial charge in [-0.25, -0.2) is 4.90 Å². The maximum atomic E-state index is 14.2. The van der Waals surface area contributed by atoms with Crippen LogP contribution in [-0.2, 0) is 31.1 Å². The number of carbonyl (C=O) groups is 1. The topological polar surface area (TPSA) is 49.4 Å². The van der Waals surface area contributed by atoms with E-state index in [9.17, 15) is 9.00 Å². The van der Waals surface area contributed by atoms with Crippen LogP contribution in [0.15, 0.2) is 115 Å². The highest BCUT2D eigenvalue weighted by molar-refractivity contribution is 7.67. The predicted molar refractivity (Wildman–Crippen MR) is 133 cm³/mol. The highest BCUT2D eigenvalue weighted by Gasteiger charge is 2.84. The second-order valence-corrected chi connectivity index (χ2v) is 8.93. The van der Waals surface area contributed by atoms with E-state index in [0.29, 0.717) is 17.4 Å². The SMILES string of the molecule is Cc1ccc(N2C(=O)[C@@](Nc3ccccc3)(c3ccccc3)[C@@]2([S+]=O)c2ccccc2)cc1. The zero-order valence-corrected chi connectivity index (χ0v) is 19.0. The molecular weight excluding hydrogens is 428 g/mol. The molecule has 0 aliphatic carbocycles. The Morgan fingerprint density at radius 2 is 1.21 bits per heavy atom. The summed E-state index contributed by atoms with van der Waals surface area (Å²) in [5.74, 6) is -0.173. The first kappa shape index (κ1) is 21.0. The molecule has 5 rings (SSSR count). The van der Waals surface area contributed by atoms with Gasteiger partial charge in [0.1, 0.15) is 0 Å². The van der Waals surface area contributed by atoms with Crippen LogP contribution in [0.5, 0.6) is 0 Å². The Balaban J connectivity index is 1.80. The van der Waals surface area contributed by atoms with Crippen LogP contribution in [0, 0.1) is 6.92 Å². The van der Waals surface area contributed by atoms with Gasteiger partial charge in [0.2, 0.25) is 5.54 Å². The number of nitrogens with zero attached hydrogens (tertiary/aromatic N) is 1. The Kier molecular flexibility index (Phi) is 5.27. The molecule has 1 heterocycles. The number of hydrogen-bond donors (Lipinski definition) is 1. The molecule has 4 aromatic carbocycles. The molecule has 5 heteroatoms. The Bertz CT molecular complexity index is 1280. The third-order valence-corrected chi connectivity index (χ3v) is 7.20. The second-order valence-electron chi connectivity index (χ2n) is 8.18. The summed E-state index contributed by atoms with van der Waals surface area (Å²) < 4.78 is 13.3. The Morgan fingerprint density at radius 3 is 1.76 bits per heavy atom. The van der Waals surface area contributed by atoms with Crippen LogP contribution in [0.25, 0.3) is 0 Å². The van der Waals surface area contributed by atoms with E-state index in [1.165, 1.54) is 0 Å². The number of β-lactam (4-membered cyclic amide) rings is 1. The highest BCUT2D eigenvalue weighted by atomic mass is 32.1. The molecule has 0 saturated carbocycles. The van der Waals surface area contributed by atoms with Gasteiger partial charge in [-0.1, -0.05) is 96.6 Å². The first-order valence-electron chi connectivity index (χ1n) is 10.8. The van der Waals surface area contributed by atoms with Crippen molar-refractivity contribution in [3.05, 3.63) is 132 Å². The first-order chi connectivity index (χ1) is 16.1. The molecule has 0 unspecified atom stereocenters. The summed E-state index contributed by atoms with van der Waals surface area (Å²) >= 11 is 0.437. The zero-order valence-electron chi connectivity index (χ0n) is 18.1. The summed E-state index contributed by atoms with van der Waals surface area (Å²) in [6.45, 7) is 2.00. The number of amides is 1. The number of aryl methyl sites for hydroxylation is 1. The molecule has 0 aromatic heterocycles. The minimum atomic E-state index is -1.30. The Hall–Kier alpha value is -3.83. The van der Waals surface area contributed by atoms with E-state index in [1.54, 1.807) is 4.90 Å². The molecule has 2 atom stereocenters. The van der Waals surface area contributed by atoms with Crippen molar-refractivity contribution < 1.29 is 9.00 Å². The number of nitrogens with one attached hydrogen (secondary N) is 1. The number of hydrogen-bond acceptors (Lipinski definition) is 3. The largest absolute Gasteiger partial charge is 0.499 e. The third kappa shape index (κ3) is 3.08. The van der Waals surface area contributed by atoms with Crippen molar-refractivity contribution in [1.29, 1.82) is 0 Å². The van der Waals surface area contributed by atoms with Crippen LogP contribution in [-0.4, -0.2) is 5.91 Å². The normalized spacial score (nSPS) is 21.8. The smallest absolute Gasteiger partial charge is 0.361 e. The molecule has 4 aromatic rings. The summed E-state index contributed by atoms with van der Waals surface area (Å²) in [4.78, 5) is 14.6. The standard InChI is InChI=1S/C28H23N2O2S/c1-21-17-19-25(20-18-21)30-26(31)27(22-11-5-2-6-12-22,29-24-15-9-4-10-16-24)28(30,33-32)23-13-7-3-8-14-23/h2-20,29H,1H3/q+1/t27-,28-/m0/s1. The molecule has 0 spiro atoms. The summed E-state index contributed by atoms with van der Waals surface area (Å²) in [5, 5.41) is 3.50. The van der Waals surface area contributed by atoms with Crippen molar-refractivity contribution in [1.82, 2.24) is 0 Å². The molecule has 1 amide bonds.